The molecule has 2 aromatic rings. The molecule has 0 saturated carbocycles. The van der Waals surface area contributed by atoms with E-state index in [1.807, 2.05) is 0 Å². The van der Waals surface area contributed by atoms with Crippen molar-refractivity contribution in [1.29, 1.82) is 0 Å². The molecule has 0 N–H and O–H groups in total. The Hall–Kier alpha value is -1.48. The summed E-state index contributed by atoms with van der Waals surface area (Å²) in [5, 5.41) is 0. The first kappa shape index (κ1) is 13.9. The lowest BCUT2D eigenvalue weighted by Gasteiger charge is -2.08. The van der Waals surface area contributed by atoms with E-state index in [1.54, 1.807) is 18.9 Å². The lowest BCUT2D eigenvalue weighted by molar-refractivity contribution is 0.391. The van der Waals surface area contributed by atoms with Crippen molar-refractivity contribution in [3.8, 4) is 5.88 Å². The van der Waals surface area contributed by atoms with Crippen LogP contribution in [0, 0.1) is 0 Å². The van der Waals surface area contributed by atoms with E-state index in [9.17, 15) is 0 Å². The molecule has 2 rings (SSSR count). The Bertz CT molecular complexity index is 537. The van der Waals surface area contributed by atoms with Crippen LogP contribution in [0.2, 0.25) is 0 Å². The van der Waals surface area contributed by atoms with Gasteiger partial charge in [-0.1, -0.05) is 25.1 Å². The highest BCUT2D eigenvalue weighted by Gasteiger charge is 2.05. The van der Waals surface area contributed by atoms with Crippen LogP contribution in [-0.4, -0.2) is 18.3 Å². The number of ether oxygens (including phenoxy) is 1. The van der Waals surface area contributed by atoms with Crippen LogP contribution in [0.15, 0.2) is 41.3 Å². The lowest BCUT2D eigenvalue weighted by atomic mass is 10.1. The molecule has 0 atom stereocenters. The number of thioether (sulfide) groups is 1. The minimum Gasteiger partial charge on any atom is -0.481 e. The van der Waals surface area contributed by atoms with Crippen molar-refractivity contribution in [2.45, 2.75) is 24.7 Å². The van der Waals surface area contributed by atoms with Gasteiger partial charge in [-0.15, -0.1) is 11.8 Å². The molecule has 3 heteroatoms. The van der Waals surface area contributed by atoms with E-state index < -0.39 is 0 Å². The van der Waals surface area contributed by atoms with Crippen molar-refractivity contribution in [1.82, 2.24) is 4.98 Å². The van der Waals surface area contributed by atoms with Crippen molar-refractivity contribution in [2.24, 2.45) is 0 Å². The molecule has 0 aliphatic carbocycles. The fraction of sp³-hybridized carbons (Fsp3) is 0.312. The first-order chi connectivity index (χ1) is 9.26. The quantitative estimate of drug-likeness (QED) is 0.770. The van der Waals surface area contributed by atoms with E-state index >= 15 is 0 Å². The Balaban J connectivity index is 2.18. The van der Waals surface area contributed by atoms with Gasteiger partial charge >= 0.3 is 0 Å². The Labute approximate surface area is 119 Å². The Kier molecular flexibility index (Phi) is 4.86. The molecule has 1 aromatic heterocycles. The van der Waals surface area contributed by atoms with Crippen molar-refractivity contribution in [2.75, 3.05) is 13.4 Å². The number of rotatable bonds is 5. The fourth-order valence-corrected chi connectivity index (χ4v) is 2.41. The molecule has 0 spiro atoms. The van der Waals surface area contributed by atoms with E-state index in [-0.39, 0.29) is 0 Å². The molecule has 19 heavy (non-hydrogen) atoms. The number of benzene rings is 1. The molecule has 0 radical (unpaired) electrons. The number of pyridine rings is 1. The predicted octanol–water partition coefficient (Wildman–Crippen LogP) is 3.97. The third kappa shape index (κ3) is 3.51. The summed E-state index contributed by atoms with van der Waals surface area (Å²) in [6.07, 6.45) is 3.87. The number of nitrogens with zero attached hydrogens (tertiary/aromatic N) is 1. The van der Waals surface area contributed by atoms with Crippen molar-refractivity contribution >= 4 is 11.8 Å². The Morgan fingerprint density at radius 2 is 1.84 bits per heavy atom. The number of aryl methyl sites for hydroxylation is 1. The Morgan fingerprint density at radius 1 is 1.11 bits per heavy atom. The van der Waals surface area contributed by atoms with Gasteiger partial charge in [0.2, 0.25) is 5.88 Å². The molecule has 0 fully saturated rings. The highest BCUT2D eigenvalue weighted by Crippen LogP contribution is 2.20. The second kappa shape index (κ2) is 6.62. The van der Waals surface area contributed by atoms with E-state index in [0.717, 1.165) is 30.0 Å². The number of aromatic nitrogens is 1. The molecule has 0 aliphatic heterocycles. The van der Waals surface area contributed by atoms with Gasteiger partial charge in [-0.2, -0.15) is 0 Å². The van der Waals surface area contributed by atoms with Crippen molar-refractivity contribution < 1.29 is 4.74 Å². The maximum absolute atomic E-state index is 5.34. The van der Waals surface area contributed by atoms with Crippen LogP contribution in [0.25, 0.3) is 0 Å². The molecule has 0 bridgehead atoms. The first-order valence-electron chi connectivity index (χ1n) is 6.42. The van der Waals surface area contributed by atoms with E-state index in [2.05, 4.69) is 54.6 Å². The van der Waals surface area contributed by atoms with Crippen LogP contribution in [0.5, 0.6) is 5.88 Å². The summed E-state index contributed by atoms with van der Waals surface area (Å²) >= 11 is 1.76. The summed E-state index contributed by atoms with van der Waals surface area (Å²) in [4.78, 5) is 5.86. The van der Waals surface area contributed by atoms with Gasteiger partial charge in [0.05, 0.1) is 7.11 Å². The normalized spacial score (nSPS) is 10.5. The summed E-state index contributed by atoms with van der Waals surface area (Å²) in [5.41, 5.74) is 3.48. The Morgan fingerprint density at radius 3 is 2.42 bits per heavy atom. The lowest BCUT2D eigenvalue weighted by Crippen LogP contribution is -1.99. The number of methoxy groups -OCH3 is 1. The van der Waals surface area contributed by atoms with Gasteiger partial charge in [-0.25, -0.2) is 4.98 Å². The minimum atomic E-state index is 0.751. The van der Waals surface area contributed by atoms with Crippen molar-refractivity contribution in [3.05, 3.63) is 53.2 Å². The molecule has 2 nitrogen and oxygen atoms in total. The van der Waals surface area contributed by atoms with Crippen LogP contribution in [0.1, 0.15) is 23.7 Å². The third-order valence-corrected chi connectivity index (χ3v) is 3.86. The highest BCUT2D eigenvalue weighted by molar-refractivity contribution is 7.98. The van der Waals surface area contributed by atoms with E-state index in [0.29, 0.717) is 0 Å². The zero-order chi connectivity index (χ0) is 13.7. The van der Waals surface area contributed by atoms with Gasteiger partial charge in [-0.3, -0.25) is 0 Å². The second-order valence-corrected chi connectivity index (χ2v) is 5.23. The number of hydrogen-bond acceptors (Lipinski definition) is 3. The maximum atomic E-state index is 5.34. The average Bonchev–Trinajstić information content (AvgIpc) is 2.48. The minimum absolute atomic E-state index is 0.751. The van der Waals surface area contributed by atoms with Gasteiger partial charge < -0.3 is 4.74 Å². The van der Waals surface area contributed by atoms with Crippen LogP contribution >= 0.6 is 11.8 Å². The van der Waals surface area contributed by atoms with Gasteiger partial charge in [0.25, 0.3) is 0 Å². The standard InChI is InChI=1S/C16H19NOS/c1-4-13-7-8-14(17-16(13)18-2)11-12-5-9-15(19-3)10-6-12/h5-10H,4,11H2,1-3H3. The number of hydrogen-bond donors (Lipinski definition) is 0. The van der Waals surface area contributed by atoms with Gasteiger partial charge in [0, 0.05) is 22.6 Å². The van der Waals surface area contributed by atoms with Gasteiger partial charge in [0.1, 0.15) is 0 Å². The summed E-state index contributed by atoms with van der Waals surface area (Å²) in [7, 11) is 1.68. The van der Waals surface area contributed by atoms with Crippen LogP contribution in [-0.2, 0) is 12.8 Å². The molecule has 1 aromatic carbocycles. The zero-order valence-electron chi connectivity index (χ0n) is 11.6. The highest BCUT2D eigenvalue weighted by atomic mass is 32.2. The summed E-state index contributed by atoms with van der Waals surface area (Å²) in [6, 6.07) is 12.8. The van der Waals surface area contributed by atoms with E-state index in [4.69, 9.17) is 4.74 Å². The fourth-order valence-electron chi connectivity index (χ4n) is 2.00. The average molecular weight is 273 g/mol. The molecule has 0 saturated heterocycles. The first-order valence-corrected chi connectivity index (χ1v) is 7.65. The summed E-state index contributed by atoms with van der Waals surface area (Å²) < 4.78 is 5.34. The van der Waals surface area contributed by atoms with Crippen LogP contribution in [0.4, 0.5) is 0 Å². The summed E-state index contributed by atoms with van der Waals surface area (Å²) in [5.74, 6) is 0.751. The monoisotopic (exact) mass is 273 g/mol. The maximum Gasteiger partial charge on any atom is 0.216 e. The molecule has 1 heterocycles. The van der Waals surface area contributed by atoms with Gasteiger partial charge in [-0.05, 0) is 36.4 Å². The smallest absolute Gasteiger partial charge is 0.216 e. The van der Waals surface area contributed by atoms with Crippen LogP contribution in [0.3, 0.4) is 0 Å². The SMILES string of the molecule is CCc1ccc(Cc2ccc(SC)cc2)nc1OC. The summed E-state index contributed by atoms with van der Waals surface area (Å²) in [6.45, 7) is 2.11. The van der Waals surface area contributed by atoms with Crippen LogP contribution < -0.4 is 4.74 Å². The molecule has 0 unspecified atom stereocenters. The second-order valence-electron chi connectivity index (χ2n) is 4.35. The van der Waals surface area contributed by atoms with E-state index in [1.165, 1.54) is 10.5 Å². The molecule has 100 valence electrons. The molecule has 0 aliphatic rings. The zero-order valence-corrected chi connectivity index (χ0v) is 12.5. The predicted molar refractivity (Wildman–Crippen MR) is 81.2 cm³/mol. The topological polar surface area (TPSA) is 22.1 Å². The van der Waals surface area contributed by atoms with Crippen molar-refractivity contribution in [3.63, 3.8) is 0 Å². The largest absolute Gasteiger partial charge is 0.481 e. The molecule has 0 amide bonds. The third-order valence-electron chi connectivity index (χ3n) is 3.12. The molecular formula is C16H19NOS. The molecular weight excluding hydrogens is 254 g/mol. The van der Waals surface area contributed by atoms with Gasteiger partial charge in [0.15, 0.2) is 0 Å².